The minimum atomic E-state index is -5.02. The van der Waals surface area contributed by atoms with Crippen LogP contribution in [0.2, 0.25) is 0 Å². The third-order valence-electron chi connectivity index (χ3n) is 2.83. The topological polar surface area (TPSA) is 77.3 Å². The number of rotatable bonds is 5. The van der Waals surface area contributed by atoms with Crippen LogP contribution in [-0.4, -0.2) is 24.5 Å². The number of alkyl halides is 4. The minimum absolute atomic E-state index is 0.0296. The Bertz CT molecular complexity index is 645. The first kappa shape index (κ1) is 17.7. The Labute approximate surface area is 123 Å². The Hall–Kier alpha value is -1.35. The van der Waals surface area contributed by atoms with Crippen molar-refractivity contribution >= 4 is 27.1 Å². The summed E-state index contributed by atoms with van der Waals surface area (Å²) in [6, 6.07) is 1.57. The highest BCUT2D eigenvalue weighted by Crippen LogP contribution is 2.37. The van der Waals surface area contributed by atoms with Crippen molar-refractivity contribution in [3.05, 3.63) is 33.9 Å². The molecule has 0 radical (unpaired) electrons. The number of nitrogens with zero attached hydrogens (tertiary/aromatic N) is 1. The molecule has 0 saturated carbocycles. The molecule has 0 aliphatic carbocycles. The standard InChI is InChI=1S/C11H11ClF3NO4S/c1-7(4-5-12)21(19,20)10-3-2-8(16(17)18)6-9(10)11(13,14)15/h2-3,6-7H,4-5H2,1H3. The summed E-state index contributed by atoms with van der Waals surface area (Å²) in [6.45, 7) is 1.24. The molecule has 0 saturated heterocycles. The fraction of sp³-hybridized carbons (Fsp3) is 0.455. The van der Waals surface area contributed by atoms with Crippen LogP contribution in [0.15, 0.2) is 23.1 Å². The monoisotopic (exact) mass is 345 g/mol. The van der Waals surface area contributed by atoms with Gasteiger partial charge >= 0.3 is 6.18 Å². The molecule has 0 aromatic heterocycles. The van der Waals surface area contributed by atoms with E-state index >= 15 is 0 Å². The maximum Gasteiger partial charge on any atom is 0.417 e. The number of nitro benzene ring substituents is 1. The van der Waals surface area contributed by atoms with Crippen molar-refractivity contribution in [1.82, 2.24) is 0 Å². The number of non-ortho nitro benzene ring substituents is 1. The van der Waals surface area contributed by atoms with E-state index in [1.54, 1.807) is 0 Å². The molecule has 0 heterocycles. The molecule has 1 aromatic carbocycles. The molecule has 118 valence electrons. The van der Waals surface area contributed by atoms with Gasteiger partial charge in [0.2, 0.25) is 0 Å². The van der Waals surface area contributed by atoms with Gasteiger partial charge in [-0.15, -0.1) is 11.6 Å². The summed E-state index contributed by atoms with van der Waals surface area (Å²) in [5.74, 6) is -0.0330. The molecule has 1 unspecified atom stereocenters. The number of nitro groups is 1. The molecule has 0 N–H and O–H groups in total. The minimum Gasteiger partial charge on any atom is -0.258 e. The van der Waals surface area contributed by atoms with Crippen LogP contribution in [0.3, 0.4) is 0 Å². The summed E-state index contributed by atoms with van der Waals surface area (Å²) in [7, 11) is -4.28. The van der Waals surface area contributed by atoms with Crippen molar-refractivity contribution in [2.75, 3.05) is 5.88 Å². The molecule has 21 heavy (non-hydrogen) atoms. The zero-order chi connectivity index (χ0) is 16.4. The predicted octanol–water partition coefficient (Wildman–Crippen LogP) is 3.40. The lowest BCUT2D eigenvalue weighted by atomic mass is 10.2. The first-order valence-corrected chi connectivity index (χ1v) is 7.75. The molecule has 0 aliphatic rings. The lowest BCUT2D eigenvalue weighted by Crippen LogP contribution is -2.22. The number of hydrogen-bond donors (Lipinski definition) is 0. The Morgan fingerprint density at radius 1 is 1.38 bits per heavy atom. The van der Waals surface area contributed by atoms with Gasteiger partial charge in [-0.05, 0) is 19.4 Å². The van der Waals surface area contributed by atoms with Crippen molar-refractivity contribution in [3.8, 4) is 0 Å². The number of halogens is 4. The van der Waals surface area contributed by atoms with Crippen LogP contribution in [-0.2, 0) is 16.0 Å². The largest absolute Gasteiger partial charge is 0.417 e. The van der Waals surface area contributed by atoms with E-state index in [2.05, 4.69) is 0 Å². The van der Waals surface area contributed by atoms with E-state index in [0.717, 1.165) is 6.07 Å². The summed E-state index contributed by atoms with van der Waals surface area (Å²) in [6.07, 6.45) is -5.05. The molecule has 1 atom stereocenters. The fourth-order valence-corrected chi connectivity index (χ4v) is 3.68. The van der Waals surface area contributed by atoms with E-state index in [0.29, 0.717) is 6.07 Å². The highest BCUT2D eigenvalue weighted by molar-refractivity contribution is 7.92. The molecule has 0 bridgehead atoms. The fourth-order valence-electron chi connectivity index (χ4n) is 1.63. The van der Waals surface area contributed by atoms with Crippen molar-refractivity contribution < 1.29 is 26.5 Å². The second kappa shape index (κ2) is 6.18. The van der Waals surface area contributed by atoms with Crippen LogP contribution in [0.4, 0.5) is 18.9 Å². The van der Waals surface area contributed by atoms with Gasteiger partial charge in [0.1, 0.15) is 0 Å². The van der Waals surface area contributed by atoms with Gasteiger partial charge in [0.15, 0.2) is 9.84 Å². The lowest BCUT2D eigenvalue weighted by molar-refractivity contribution is -0.385. The molecular weight excluding hydrogens is 335 g/mol. The molecule has 5 nitrogen and oxygen atoms in total. The smallest absolute Gasteiger partial charge is 0.258 e. The van der Waals surface area contributed by atoms with Gasteiger partial charge < -0.3 is 0 Å². The van der Waals surface area contributed by atoms with Crippen LogP contribution >= 0.6 is 11.6 Å². The quantitative estimate of drug-likeness (QED) is 0.465. The zero-order valence-corrected chi connectivity index (χ0v) is 12.3. The zero-order valence-electron chi connectivity index (χ0n) is 10.7. The van der Waals surface area contributed by atoms with E-state index in [-0.39, 0.29) is 18.4 Å². The first-order chi connectivity index (χ1) is 9.51. The lowest BCUT2D eigenvalue weighted by Gasteiger charge is -2.16. The number of benzene rings is 1. The van der Waals surface area contributed by atoms with Gasteiger partial charge in [0.05, 0.1) is 20.6 Å². The Balaban J connectivity index is 3.53. The van der Waals surface area contributed by atoms with Crippen LogP contribution in [0.1, 0.15) is 18.9 Å². The molecule has 10 heteroatoms. The SMILES string of the molecule is CC(CCCl)S(=O)(=O)c1ccc([N+](=O)[O-])cc1C(F)(F)F. The molecular formula is C11H11ClF3NO4S. The van der Waals surface area contributed by atoms with Crippen LogP contribution in [0.25, 0.3) is 0 Å². The molecule has 0 aliphatic heterocycles. The summed E-state index contributed by atoms with van der Waals surface area (Å²) in [4.78, 5) is 8.55. The van der Waals surface area contributed by atoms with Crippen LogP contribution in [0, 0.1) is 10.1 Å². The summed E-state index contributed by atoms with van der Waals surface area (Å²) in [5.41, 5.74) is -2.37. The number of sulfone groups is 1. The molecule has 1 rings (SSSR count). The molecule has 0 amide bonds. The summed E-state index contributed by atoms with van der Waals surface area (Å²) < 4.78 is 63.2. The van der Waals surface area contributed by atoms with Crippen LogP contribution < -0.4 is 0 Å². The predicted molar refractivity (Wildman–Crippen MR) is 70.1 cm³/mol. The van der Waals surface area contributed by atoms with Gasteiger partial charge in [-0.2, -0.15) is 13.2 Å². The molecule has 0 fully saturated rings. The van der Waals surface area contributed by atoms with Gasteiger partial charge in [-0.25, -0.2) is 8.42 Å². The average molecular weight is 346 g/mol. The van der Waals surface area contributed by atoms with Crippen molar-refractivity contribution in [1.29, 1.82) is 0 Å². The van der Waals surface area contributed by atoms with Gasteiger partial charge in [0, 0.05) is 18.0 Å². The third-order valence-corrected chi connectivity index (χ3v) is 5.31. The Morgan fingerprint density at radius 3 is 2.38 bits per heavy atom. The maximum atomic E-state index is 13.0. The highest BCUT2D eigenvalue weighted by Gasteiger charge is 2.40. The molecule has 0 spiro atoms. The third kappa shape index (κ3) is 3.85. The van der Waals surface area contributed by atoms with Gasteiger partial charge in [-0.3, -0.25) is 10.1 Å². The van der Waals surface area contributed by atoms with Crippen molar-refractivity contribution in [3.63, 3.8) is 0 Å². The van der Waals surface area contributed by atoms with Gasteiger partial charge in [0.25, 0.3) is 5.69 Å². The Kier molecular flexibility index (Phi) is 5.21. The second-order valence-corrected chi connectivity index (χ2v) is 6.98. The normalized spacial score (nSPS) is 14.0. The van der Waals surface area contributed by atoms with E-state index in [4.69, 9.17) is 11.6 Å². The maximum absolute atomic E-state index is 13.0. The Morgan fingerprint density at radius 2 is 1.95 bits per heavy atom. The highest BCUT2D eigenvalue weighted by atomic mass is 35.5. The van der Waals surface area contributed by atoms with Crippen molar-refractivity contribution in [2.24, 2.45) is 0 Å². The van der Waals surface area contributed by atoms with E-state index < -0.39 is 42.3 Å². The average Bonchev–Trinajstić information content (AvgIpc) is 2.37. The second-order valence-electron chi connectivity index (χ2n) is 4.27. The van der Waals surface area contributed by atoms with E-state index in [1.807, 2.05) is 0 Å². The molecule has 1 aromatic rings. The van der Waals surface area contributed by atoms with Crippen molar-refractivity contribution in [2.45, 2.75) is 29.7 Å². The number of hydrogen-bond acceptors (Lipinski definition) is 4. The summed E-state index contributed by atoms with van der Waals surface area (Å²) in [5, 5.41) is 9.42. The van der Waals surface area contributed by atoms with E-state index in [9.17, 15) is 31.7 Å². The first-order valence-electron chi connectivity index (χ1n) is 5.67. The van der Waals surface area contributed by atoms with Crippen LogP contribution in [0.5, 0.6) is 0 Å². The van der Waals surface area contributed by atoms with E-state index in [1.165, 1.54) is 6.92 Å². The van der Waals surface area contributed by atoms with Gasteiger partial charge in [-0.1, -0.05) is 0 Å². The summed E-state index contributed by atoms with van der Waals surface area (Å²) >= 11 is 5.41.